The molecule has 5 nitrogen and oxygen atoms in total. The maximum absolute atomic E-state index is 12.6. The molecule has 0 spiro atoms. The summed E-state index contributed by atoms with van der Waals surface area (Å²) in [6, 6.07) is 17.0. The molecule has 0 N–H and O–H groups in total. The summed E-state index contributed by atoms with van der Waals surface area (Å²) in [5.41, 5.74) is 0.598. The molecule has 0 fully saturated rings. The summed E-state index contributed by atoms with van der Waals surface area (Å²) in [5.74, 6) is 0.0921. The molecular formula is C18H20N2O3S2. The van der Waals surface area contributed by atoms with Crippen LogP contribution in [-0.4, -0.2) is 31.8 Å². The smallest absolute Gasteiger partial charge is 0.284 e. The maximum atomic E-state index is 12.6. The van der Waals surface area contributed by atoms with Crippen molar-refractivity contribution in [3.05, 3.63) is 66.2 Å². The number of aliphatic imine (C=N–C) groups is 1. The van der Waals surface area contributed by atoms with Crippen LogP contribution in [0.25, 0.3) is 0 Å². The van der Waals surface area contributed by atoms with Gasteiger partial charge in [-0.3, -0.25) is 0 Å². The Morgan fingerprint density at radius 2 is 1.56 bits per heavy atom. The number of thioether (sulfide) groups is 1. The average Bonchev–Trinajstić information content (AvgIpc) is 2.61. The zero-order valence-corrected chi connectivity index (χ0v) is 15.9. The summed E-state index contributed by atoms with van der Waals surface area (Å²) >= 11 is 1.30. The lowest BCUT2D eigenvalue weighted by atomic mass is 10.2. The van der Waals surface area contributed by atoms with Crippen molar-refractivity contribution in [2.45, 2.75) is 24.8 Å². The Morgan fingerprint density at radius 1 is 1.00 bits per heavy atom. The van der Waals surface area contributed by atoms with E-state index >= 15 is 0 Å². The molecule has 0 aromatic heterocycles. The minimum Gasteiger partial charge on any atom is -0.470 e. The van der Waals surface area contributed by atoms with Crippen molar-refractivity contribution in [2.24, 2.45) is 9.39 Å². The molecule has 7 heteroatoms. The molecule has 25 heavy (non-hydrogen) atoms. The molecule has 0 aliphatic carbocycles. The van der Waals surface area contributed by atoms with Gasteiger partial charge in [0.1, 0.15) is 0 Å². The molecule has 2 aromatic rings. The van der Waals surface area contributed by atoms with E-state index in [1.54, 1.807) is 42.5 Å². The third-order valence-corrected chi connectivity index (χ3v) is 4.81. The zero-order chi connectivity index (χ0) is 18.3. The lowest BCUT2D eigenvalue weighted by molar-refractivity contribution is 0.237. The zero-order valence-electron chi connectivity index (χ0n) is 14.3. The second kappa shape index (κ2) is 8.82. The van der Waals surface area contributed by atoms with Crippen LogP contribution in [0.1, 0.15) is 19.4 Å². The Bertz CT molecular complexity index is 846. The van der Waals surface area contributed by atoms with Gasteiger partial charge >= 0.3 is 0 Å². The third kappa shape index (κ3) is 5.72. The number of rotatable bonds is 4. The molecule has 0 saturated heterocycles. The number of hydrogen-bond acceptors (Lipinski definition) is 4. The average molecular weight is 377 g/mol. The first-order valence-corrected chi connectivity index (χ1v) is 10.3. The Kier molecular flexibility index (Phi) is 6.78. The van der Waals surface area contributed by atoms with Crippen LogP contribution in [0.5, 0.6) is 0 Å². The monoisotopic (exact) mass is 376 g/mol. The van der Waals surface area contributed by atoms with E-state index in [9.17, 15) is 8.42 Å². The quantitative estimate of drug-likeness (QED) is 0.598. The van der Waals surface area contributed by atoms with Gasteiger partial charge in [0.05, 0.1) is 11.0 Å². The lowest BCUT2D eigenvalue weighted by Gasteiger charge is -2.11. The molecule has 2 aromatic carbocycles. The fourth-order valence-electron chi connectivity index (χ4n) is 1.89. The predicted molar refractivity (Wildman–Crippen MR) is 104 cm³/mol. The van der Waals surface area contributed by atoms with Gasteiger partial charge in [0.2, 0.25) is 0 Å². The number of hydrogen-bond donors (Lipinski definition) is 0. The van der Waals surface area contributed by atoms with Gasteiger partial charge in [-0.2, -0.15) is 13.4 Å². The molecule has 0 atom stereocenters. The van der Waals surface area contributed by atoms with E-state index in [2.05, 4.69) is 9.39 Å². The Labute approximate surface area is 152 Å². The highest BCUT2D eigenvalue weighted by atomic mass is 32.2. The van der Waals surface area contributed by atoms with Gasteiger partial charge in [0.15, 0.2) is 5.84 Å². The van der Waals surface area contributed by atoms with Crippen LogP contribution in [0.4, 0.5) is 0 Å². The Morgan fingerprint density at radius 3 is 2.08 bits per heavy atom. The summed E-state index contributed by atoms with van der Waals surface area (Å²) in [6.07, 6.45) is 1.74. The standard InChI is InChI=1S/C18H20N2O3S2/c1-14(2)23-18(24-3)19-17(15-10-6-4-7-11-15)20-25(21,22)16-12-8-5-9-13-16/h4-14H,1-3H3/b19-18?,20-17+. The van der Waals surface area contributed by atoms with E-state index in [1.165, 1.54) is 23.9 Å². The molecule has 2 rings (SSSR count). The molecule has 132 valence electrons. The molecule has 0 amide bonds. The predicted octanol–water partition coefficient (Wildman–Crippen LogP) is 3.97. The van der Waals surface area contributed by atoms with Crippen molar-refractivity contribution < 1.29 is 13.2 Å². The molecule has 0 aliphatic rings. The van der Waals surface area contributed by atoms with Crippen molar-refractivity contribution in [3.63, 3.8) is 0 Å². The summed E-state index contributed by atoms with van der Waals surface area (Å²) in [4.78, 5) is 4.46. The van der Waals surface area contributed by atoms with E-state index in [0.29, 0.717) is 10.8 Å². The highest BCUT2D eigenvalue weighted by Gasteiger charge is 2.16. The fourth-order valence-corrected chi connectivity index (χ4v) is 3.34. The topological polar surface area (TPSA) is 68.1 Å². The summed E-state index contributed by atoms with van der Waals surface area (Å²) in [6.45, 7) is 3.76. The van der Waals surface area contributed by atoms with Crippen LogP contribution in [0, 0.1) is 0 Å². The normalized spacial score (nSPS) is 13.1. The number of amidine groups is 1. The number of ether oxygens (including phenoxy) is 1. The van der Waals surface area contributed by atoms with Crippen LogP contribution >= 0.6 is 11.8 Å². The number of benzene rings is 2. The van der Waals surface area contributed by atoms with Gasteiger partial charge in [0.25, 0.3) is 15.3 Å². The number of sulfonamides is 1. The first-order valence-electron chi connectivity index (χ1n) is 7.67. The van der Waals surface area contributed by atoms with Crippen molar-refractivity contribution in [2.75, 3.05) is 6.26 Å². The van der Waals surface area contributed by atoms with Crippen molar-refractivity contribution in [1.29, 1.82) is 0 Å². The van der Waals surface area contributed by atoms with Crippen LogP contribution < -0.4 is 0 Å². The second-order valence-electron chi connectivity index (χ2n) is 5.32. The van der Waals surface area contributed by atoms with Gasteiger partial charge in [-0.1, -0.05) is 60.3 Å². The van der Waals surface area contributed by atoms with Gasteiger partial charge in [-0.05, 0) is 32.2 Å². The van der Waals surface area contributed by atoms with Gasteiger partial charge in [0, 0.05) is 5.56 Å². The van der Waals surface area contributed by atoms with E-state index in [0.717, 1.165) is 0 Å². The number of nitrogens with zero attached hydrogens (tertiary/aromatic N) is 2. The van der Waals surface area contributed by atoms with Crippen LogP contribution in [0.2, 0.25) is 0 Å². The summed E-state index contributed by atoms with van der Waals surface area (Å²) in [7, 11) is -3.87. The van der Waals surface area contributed by atoms with Crippen molar-refractivity contribution >= 4 is 32.9 Å². The van der Waals surface area contributed by atoms with Gasteiger partial charge in [-0.15, -0.1) is 4.40 Å². The first-order chi connectivity index (χ1) is 11.9. The fraction of sp³-hybridized carbons (Fsp3) is 0.222. The molecule has 0 bridgehead atoms. The van der Waals surface area contributed by atoms with Gasteiger partial charge in [-0.25, -0.2) is 0 Å². The third-order valence-electron chi connectivity index (χ3n) is 2.99. The highest BCUT2D eigenvalue weighted by Crippen LogP contribution is 2.15. The Hall–Kier alpha value is -2.12. The SMILES string of the molecule is CSC(=N/C(=N/S(=O)(=O)c1ccccc1)c1ccccc1)OC(C)C. The largest absolute Gasteiger partial charge is 0.470 e. The Balaban J connectivity index is 2.54. The van der Waals surface area contributed by atoms with Crippen molar-refractivity contribution in [3.8, 4) is 0 Å². The molecule has 0 aliphatic heterocycles. The highest BCUT2D eigenvalue weighted by molar-refractivity contribution is 8.13. The molecule has 0 heterocycles. The summed E-state index contributed by atoms with van der Waals surface area (Å²) < 4.78 is 34.8. The van der Waals surface area contributed by atoms with E-state index in [1.807, 2.05) is 26.2 Å². The molecule has 0 saturated carbocycles. The van der Waals surface area contributed by atoms with Crippen LogP contribution in [-0.2, 0) is 14.8 Å². The van der Waals surface area contributed by atoms with E-state index in [4.69, 9.17) is 4.74 Å². The molecule has 0 unspecified atom stereocenters. The lowest BCUT2D eigenvalue weighted by Crippen LogP contribution is -2.12. The van der Waals surface area contributed by atoms with Gasteiger partial charge < -0.3 is 4.74 Å². The van der Waals surface area contributed by atoms with Crippen LogP contribution in [0.3, 0.4) is 0 Å². The minimum absolute atomic E-state index is 0.0750. The molecule has 0 radical (unpaired) electrons. The first kappa shape index (κ1) is 19.2. The van der Waals surface area contributed by atoms with Crippen LogP contribution in [0.15, 0.2) is 74.9 Å². The minimum atomic E-state index is -3.87. The second-order valence-corrected chi connectivity index (χ2v) is 7.68. The maximum Gasteiger partial charge on any atom is 0.284 e. The van der Waals surface area contributed by atoms with E-state index < -0.39 is 10.0 Å². The molecular weight excluding hydrogens is 356 g/mol. The summed E-state index contributed by atoms with van der Waals surface area (Å²) in [5, 5.41) is 0.362. The van der Waals surface area contributed by atoms with E-state index in [-0.39, 0.29) is 16.8 Å². The van der Waals surface area contributed by atoms with Crippen molar-refractivity contribution in [1.82, 2.24) is 0 Å².